The van der Waals surface area contributed by atoms with Gasteiger partial charge >= 0.3 is 5.97 Å². The van der Waals surface area contributed by atoms with Gasteiger partial charge in [-0.1, -0.05) is 11.6 Å². The van der Waals surface area contributed by atoms with E-state index < -0.39 is 11.9 Å². The summed E-state index contributed by atoms with van der Waals surface area (Å²) in [6.45, 7) is 1.49. The molecule has 1 fully saturated rings. The molecule has 2 aliphatic rings. The molecule has 6 nitrogen and oxygen atoms in total. The van der Waals surface area contributed by atoms with Crippen molar-refractivity contribution in [3.8, 4) is 11.5 Å². The molecule has 0 aliphatic carbocycles. The minimum Gasteiger partial charge on any atom is -0.486 e. The van der Waals surface area contributed by atoms with E-state index >= 15 is 0 Å². The SMILES string of the molecule is O=C(O)C1CCN(C(=O)c2cc(Cl)c3c(c2)OCCO3)C1. The summed E-state index contributed by atoms with van der Waals surface area (Å²) in [6, 6.07) is 3.13. The quantitative estimate of drug-likeness (QED) is 0.899. The molecule has 112 valence electrons. The number of aliphatic carboxylic acids is 1. The van der Waals surface area contributed by atoms with Crippen molar-refractivity contribution in [3.05, 3.63) is 22.7 Å². The van der Waals surface area contributed by atoms with Crippen molar-refractivity contribution in [2.45, 2.75) is 6.42 Å². The van der Waals surface area contributed by atoms with Crippen molar-refractivity contribution in [3.63, 3.8) is 0 Å². The molecule has 0 saturated carbocycles. The van der Waals surface area contributed by atoms with Gasteiger partial charge in [0.05, 0.1) is 10.9 Å². The van der Waals surface area contributed by atoms with Crippen LogP contribution in [-0.2, 0) is 4.79 Å². The van der Waals surface area contributed by atoms with Gasteiger partial charge < -0.3 is 19.5 Å². The number of hydrogen-bond acceptors (Lipinski definition) is 4. The van der Waals surface area contributed by atoms with Crippen LogP contribution in [0.25, 0.3) is 0 Å². The van der Waals surface area contributed by atoms with Crippen LogP contribution in [0, 0.1) is 5.92 Å². The first-order chi connectivity index (χ1) is 10.1. The second-order valence-electron chi connectivity index (χ2n) is 5.06. The Morgan fingerprint density at radius 1 is 1.29 bits per heavy atom. The lowest BCUT2D eigenvalue weighted by molar-refractivity contribution is -0.141. The van der Waals surface area contributed by atoms with Crippen molar-refractivity contribution in [2.24, 2.45) is 5.92 Å². The number of hydrogen-bond donors (Lipinski definition) is 1. The maximum atomic E-state index is 12.4. The fraction of sp³-hybridized carbons (Fsp3) is 0.429. The van der Waals surface area contributed by atoms with Crippen LogP contribution in [0.2, 0.25) is 5.02 Å². The third-order valence-corrected chi connectivity index (χ3v) is 3.95. The zero-order chi connectivity index (χ0) is 15.0. The van der Waals surface area contributed by atoms with Crippen LogP contribution in [-0.4, -0.2) is 48.2 Å². The van der Waals surface area contributed by atoms with E-state index in [9.17, 15) is 9.59 Å². The van der Waals surface area contributed by atoms with Crippen molar-refractivity contribution >= 4 is 23.5 Å². The first-order valence-electron chi connectivity index (χ1n) is 6.67. The van der Waals surface area contributed by atoms with Crippen molar-refractivity contribution in [1.82, 2.24) is 4.90 Å². The Labute approximate surface area is 126 Å². The van der Waals surface area contributed by atoms with E-state index in [0.29, 0.717) is 48.3 Å². The number of rotatable bonds is 2. The van der Waals surface area contributed by atoms with Gasteiger partial charge in [0.1, 0.15) is 13.2 Å². The summed E-state index contributed by atoms with van der Waals surface area (Å²) in [5.41, 5.74) is 0.385. The van der Waals surface area contributed by atoms with Gasteiger partial charge in [0.15, 0.2) is 11.5 Å². The van der Waals surface area contributed by atoms with Crippen LogP contribution in [0.15, 0.2) is 12.1 Å². The Balaban J connectivity index is 1.82. The highest BCUT2D eigenvalue weighted by atomic mass is 35.5. The van der Waals surface area contributed by atoms with Crippen LogP contribution in [0.1, 0.15) is 16.8 Å². The number of likely N-dealkylation sites (tertiary alicyclic amines) is 1. The van der Waals surface area contributed by atoms with Gasteiger partial charge in [-0.3, -0.25) is 9.59 Å². The molecule has 1 atom stereocenters. The molecule has 21 heavy (non-hydrogen) atoms. The Morgan fingerprint density at radius 2 is 2.05 bits per heavy atom. The lowest BCUT2D eigenvalue weighted by Gasteiger charge is -2.21. The smallest absolute Gasteiger partial charge is 0.308 e. The Morgan fingerprint density at radius 3 is 2.76 bits per heavy atom. The van der Waals surface area contributed by atoms with Crippen LogP contribution < -0.4 is 9.47 Å². The molecule has 2 aliphatic heterocycles. The molecule has 1 amide bonds. The average Bonchev–Trinajstić information content (AvgIpc) is 2.96. The normalized spacial score (nSPS) is 20.4. The summed E-state index contributed by atoms with van der Waals surface area (Å²) in [5.74, 6) is -0.708. The molecule has 2 heterocycles. The fourth-order valence-corrected chi connectivity index (χ4v) is 2.83. The Hall–Kier alpha value is -1.95. The number of fused-ring (bicyclic) bond motifs is 1. The summed E-state index contributed by atoms with van der Waals surface area (Å²) in [5, 5.41) is 9.31. The molecule has 1 N–H and O–H groups in total. The van der Waals surface area contributed by atoms with Gasteiger partial charge in [0.25, 0.3) is 5.91 Å². The van der Waals surface area contributed by atoms with Crippen LogP contribution in [0.5, 0.6) is 11.5 Å². The molecule has 7 heteroatoms. The fourth-order valence-electron chi connectivity index (χ4n) is 2.56. The van der Waals surface area contributed by atoms with Crippen LogP contribution in [0.3, 0.4) is 0 Å². The first-order valence-corrected chi connectivity index (χ1v) is 7.05. The number of carboxylic acids is 1. The third-order valence-electron chi connectivity index (χ3n) is 3.67. The highest BCUT2D eigenvalue weighted by molar-refractivity contribution is 6.32. The highest BCUT2D eigenvalue weighted by Gasteiger charge is 2.32. The summed E-state index contributed by atoms with van der Waals surface area (Å²) >= 11 is 6.11. The van der Waals surface area contributed by atoms with E-state index in [-0.39, 0.29) is 12.5 Å². The van der Waals surface area contributed by atoms with Gasteiger partial charge in [-0.05, 0) is 18.6 Å². The molecule has 1 unspecified atom stereocenters. The van der Waals surface area contributed by atoms with Gasteiger partial charge in [0, 0.05) is 18.7 Å². The van der Waals surface area contributed by atoms with E-state index in [1.54, 1.807) is 6.07 Å². The largest absolute Gasteiger partial charge is 0.486 e. The number of ether oxygens (including phenoxy) is 2. The lowest BCUT2D eigenvalue weighted by atomic mass is 10.1. The van der Waals surface area contributed by atoms with Crippen LogP contribution in [0.4, 0.5) is 0 Å². The van der Waals surface area contributed by atoms with Gasteiger partial charge in [-0.25, -0.2) is 0 Å². The molecule has 0 radical (unpaired) electrons. The van der Waals surface area contributed by atoms with Crippen molar-refractivity contribution in [2.75, 3.05) is 26.3 Å². The third kappa shape index (κ3) is 2.63. The molecule has 0 spiro atoms. The summed E-state index contributed by atoms with van der Waals surface area (Å²) in [7, 11) is 0. The van der Waals surface area contributed by atoms with Crippen molar-refractivity contribution < 1.29 is 24.2 Å². The van der Waals surface area contributed by atoms with E-state index in [0.717, 1.165) is 0 Å². The highest BCUT2D eigenvalue weighted by Crippen LogP contribution is 2.38. The van der Waals surface area contributed by atoms with Crippen molar-refractivity contribution in [1.29, 1.82) is 0 Å². The Bertz CT molecular complexity index is 603. The maximum absolute atomic E-state index is 12.4. The first kappa shape index (κ1) is 14.0. The topological polar surface area (TPSA) is 76.1 Å². The molecule has 1 aromatic rings. The number of carbonyl (C=O) groups excluding carboxylic acids is 1. The molecule has 0 aromatic heterocycles. The zero-order valence-electron chi connectivity index (χ0n) is 11.2. The predicted octanol–water partition coefficient (Wildman–Crippen LogP) is 1.66. The summed E-state index contributed by atoms with van der Waals surface area (Å²) in [4.78, 5) is 24.9. The predicted molar refractivity (Wildman–Crippen MR) is 74.1 cm³/mol. The average molecular weight is 312 g/mol. The summed E-state index contributed by atoms with van der Waals surface area (Å²) in [6.07, 6.45) is 0.472. The molecular weight excluding hydrogens is 298 g/mol. The zero-order valence-corrected chi connectivity index (χ0v) is 11.9. The minimum atomic E-state index is -0.870. The number of benzene rings is 1. The molecular formula is C14H14ClNO5. The number of nitrogens with zero attached hydrogens (tertiary/aromatic N) is 1. The minimum absolute atomic E-state index is 0.222. The molecule has 3 rings (SSSR count). The second kappa shape index (κ2) is 5.44. The maximum Gasteiger partial charge on any atom is 0.308 e. The lowest BCUT2D eigenvalue weighted by Crippen LogP contribution is -2.30. The Kier molecular flexibility index (Phi) is 3.63. The number of amides is 1. The van der Waals surface area contributed by atoms with E-state index in [2.05, 4.69) is 0 Å². The van der Waals surface area contributed by atoms with Gasteiger partial charge in [0.2, 0.25) is 0 Å². The van der Waals surface area contributed by atoms with E-state index in [1.807, 2.05) is 0 Å². The summed E-state index contributed by atoms with van der Waals surface area (Å²) < 4.78 is 10.8. The number of halogens is 1. The molecule has 1 saturated heterocycles. The van der Waals surface area contributed by atoms with Gasteiger partial charge in [-0.2, -0.15) is 0 Å². The second-order valence-corrected chi connectivity index (χ2v) is 5.46. The van der Waals surface area contributed by atoms with E-state index in [1.165, 1.54) is 11.0 Å². The van der Waals surface area contributed by atoms with Gasteiger partial charge in [-0.15, -0.1) is 0 Å². The van der Waals surface area contributed by atoms with E-state index in [4.69, 9.17) is 26.2 Å². The number of carbonyl (C=O) groups is 2. The standard InChI is InChI=1S/C14H14ClNO5/c15-10-5-9(6-11-12(10)21-4-3-20-11)13(17)16-2-1-8(7-16)14(18)19/h5-6,8H,1-4,7H2,(H,18,19). The number of carboxylic acid groups (broad SMARTS) is 1. The van der Waals surface area contributed by atoms with Crippen LogP contribution >= 0.6 is 11.6 Å². The monoisotopic (exact) mass is 311 g/mol. The molecule has 0 bridgehead atoms. The molecule has 1 aromatic carbocycles.